The van der Waals surface area contributed by atoms with E-state index in [0.717, 1.165) is 6.20 Å². The van der Waals surface area contributed by atoms with E-state index in [2.05, 4.69) is 5.32 Å². The summed E-state index contributed by atoms with van der Waals surface area (Å²) in [6.45, 7) is 0. The van der Waals surface area contributed by atoms with Crippen LogP contribution in [0.3, 0.4) is 0 Å². The molecule has 2 N–H and O–H groups in total. The van der Waals surface area contributed by atoms with Gasteiger partial charge in [0.25, 0.3) is 0 Å². The standard InChI is InChI=1S/C19H12F3IN2O3/c20-11-5-8(23)1-4-14(11)24-16-12(21)6-13(22)17-15(16)18(26)10(19(27)28)7-25(17)9-2-3-9/h1,4-7,9,24H,2-3H2,(H,27,28). The van der Waals surface area contributed by atoms with Crippen molar-refractivity contribution in [3.63, 3.8) is 0 Å². The van der Waals surface area contributed by atoms with E-state index < -0.39 is 45.5 Å². The Balaban J connectivity index is 2.05. The van der Waals surface area contributed by atoms with Gasteiger partial charge in [0.1, 0.15) is 17.2 Å². The minimum Gasteiger partial charge on any atom is -0.477 e. The van der Waals surface area contributed by atoms with Gasteiger partial charge in [-0.05, 0) is 53.6 Å². The minimum atomic E-state index is -1.50. The van der Waals surface area contributed by atoms with E-state index >= 15 is 0 Å². The summed E-state index contributed by atoms with van der Waals surface area (Å²) in [5.74, 6) is -4.30. The van der Waals surface area contributed by atoms with Gasteiger partial charge in [0, 0.05) is 21.9 Å². The lowest BCUT2D eigenvalue weighted by molar-refractivity contribution is 0.0695. The minimum absolute atomic E-state index is 0.120. The van der Waals surface area contributed by atoms with Crippen molar-refractivity contribution in [1.82, 2.24) is 4.57 Å². The molecule has 4 rings (SSSR count). The largest absolute Gasteiger partial charge is 0.477 e. The average molecular weight is 500 g/mol. The molecule has 5 nitrogen and oxygen atoms in total. The summed E-state index contributed by atoms with van der Waals surface area (Å²) in [7, 11) is 0. The van der Waals surface area contributed by atoms with Crippen molar-refractivity contribution in [3.8, 4) is 0 Å². The van der Waals surface area contributed by atoms with Gasteiger partial charge in [-0.25, -0.2) is 18.0 Å². The Labute approximate surface area is 169 Å². The van der Waals surface area contributed by atoms with Gasteiger partial charge in [-0.1, -0.05) is 0 Å². The monoisotopic (exact) mass is 500 g/mol. The van der Waals surface area contributed by atoms with Crippen LogP contribution in [0.2, 0.25) is 0 Å². The topological polar surface area (TPSA) is 71.3 Å². The maximum Gasteiger partial charge on any atom is 0.341 e. The van der Waals surface area contributed by atoms with Crippen molar-refractivity contribution in [3.05, 3.63) is 67.3 Å². The molecule has 2 aromatic carbocycles. The fourth-order valence-corrected chi connectivity index (χ4v) is 3.57. The highest BCUT2D eigenvalue weighted by Crippen LogP contribution is 2.39. The number of aromatic carboxylic acids is 1. The molecule has 0 atom stereocenters. The van der Waals surface area contributed by atoms with E-state index in [4.69, 9.17) is 0 Å². The normalized spacial score (nSPS) is 13.7. The van der Waals surface area contributed by atoms with E-state index in [1.807, 2.05) is 22.6 Å². The summed E-state index contributed by atoms with van der Waals surface area (Å²) < 4.78 is 45.4. The SMILES string of the molecule is O=C(O)c1cn(C2CC2)c2c(F)cc(F)c(Nc3ccc(I)cc3F)c2c1=O. The van der Waals surface area contributed by atoms with Crippen LogP contribution in [0.4, 0.5) is 24.5 Å². The molecule has 144 valence electrons. The number of hydrogen-bond donors (Lipinski definition) is 2. The molecular weight excluding hydrogens is 488 g/mol. The molecule has 0 aliphatic heterocycles. The van der Waals surface area contributed by atoms with Crippen LogP contribution in [0.15, 0.2) is 35.3 Å². The number of benzene rings is 2. The third kappa shape index (κ3) is 3.13. The van der Waals surface area contributed by atoms with Gasteiger partial charge in [-0.3, -0.25) is 4.79 Å². The molecule has 28 heavy (non-hydrogen) atoms. The molecule has 0 saturated heterocycles. The van der Waals surface area contributed by atoms with Crippen LogP contribution in [0.5, 0.6) is 0 Å². The predicted molar refractivity (Wildman–Crippen MR) is 106 cm³/mol. The summed E-state index contributed by atoms with van der Waals surface area (Å²) in [6.07, 6.45) is 2.45. The molecule has 9 heteroatoms. The zero-order valence-electron chi connectivity index (χ0n) is 14.1. The Kier molecular flexibility index (Phi) is 4.56. The van der Waals surface area contributed by atoms with E-state index in [9.17, 15) is 27.9 Å². The molecule has 1 saturated carbocycles. The van der Waals surface area contributed by atoms with Crippen molar-refractivity contribution in [1.29, 1.82) is 0 Å². The number of nitrogens with zero attached hydrogens (tertiary/aromatic N) is 1. The zero-order valence-corrected chi connectivity index (χ0v) is 16.3. The van der Waals surface area contributed by atoms with Crippen LogP contribution in [-0.2, 0) is 0 Å². The van der Waals surface area contributed by atoms with Crippen LogP contribution in [-0.4, -0.2) is 15.6 Å². The van der Waals surface area contributed by atoms with Crippen LogP contribution in [0.25, 0.3) is 10.9 Å². The molecule has 0 unspecified atom stereocenters. The third-order valence-corrected chi connectivity index (χ3v) is 5.24. The first-order chi connectivity index (χ1) is 13.3. The first-order valence-electron chi connectivity index (χ1n) is 8.30. The molecule has 1 aliphatic rings. The van der Waals surface area contributed by atoms with Gasteiger partial charge in [0.15, 0.2) is 5.82 Å². The van der Waals surface area contributed by atoms with Crippen molar-refractivity contribution in [2.75, 3.05) is 5.32 Å². The molecule has 0 spiro atoms. The van der Waals surface area contributed by atoms with Crippen molar-refractivity contribution < 1.29 is 23.1 Å². The molecular formula is C19H12F3IN2O3. The number of halogens is 4. The smallest absolute Gasteiger partial charge is 0.341 e. The van der Waals surface area contributed by atoms with Crippen LogP contribution < -0.4 is 10.7 Å². The van der Waals surface area contributed by atoms with Crippen molar-refractivity contribution in [2.45, 2.75) is 18.9 Å². The second kappa shape index (κ2) is 6.80. The highest BCUT2D eigenvalue weighted by molar-refractivity contribution is 14.1. The predicted octanol–water partition coefficient (Wildman–Crippen LogP) is 4.80. The number of carboxylic acids is 1. The molecule has 0 bridgehead atoms. The second-order valence-electron chi connectivity index (χ2n) is 6.50. The fraction of sp³-hybridized carbons (Fsp3) is 0.158. The van der Waals surface area contributed by atoms with Gasteiger partial charge in [-0.2, -0.15) is 0 Å². The lowest BCUT2D eigenvalue weighted by Gasteiger charge is -2.17. The summed E-state index contributed by atoms with van der Waals surface area (Å²) in [4.78, 5) is 24.3. The average Bonchev–Trinajstić information content (AvgIpc) is 3.45. The molecule has 1 aliphatic carbocycles. The van der Waals surface area contributed by atoms with Gasteiger partial charge in [-0.15, -0.1) is 0 Å². The summed E-state index contributed by atoms with van der Waals surface area (Å²) in [5.41, 5.74) is -2.42. The molecule has 1 aromatic heterocycles. The fourth-order valence-electron chi connectivity index (χ4n) is 3.12. The highest BCUT2D eigenvalue weighted by atomic mass is 127. The number of aromatic nitrogens is 1. The van der Waals surface area contributed by atoms with Gasteiger partial charge >= 0.3 is 5.97 Å². The number of anilines is 2. The summed E-state index contributed by atoms with van der Waals surface area (Å²) >= 11 is 1.90. The molecule has 3 aromatic rings. The molecule has 0 amide bonds. The Morgan fingerprint density at radius 1 is 1.14 bits per heavy atom. The van der Waals surface area contributed by atoms with E-state index in [0.29, 0.717) is 22.5 Å². The van der Waals surface area contributed by atoms with Crippen molar-refractivity contribution >= 4 is 50.8 Å². The third-order valence-electron chi connectivity index (χ3n) is 4.56. The Morgan fingerprint density at radius 2 is 1.86 bits per heavy atom. The number of pyridine rings is 1. The number of carbonyl (C=O) groups is 1. The van der Waals surface area contributed by atoms with Crippen LogP contribution >= 0.6 is 22.6 Å². The first-order valence-corrected chi connectivity index (χ1v) is 9.38. The Bertz CT molecular complexity index is 1210. The Hall–Kier alpha value is -2.56. The maximum absolute atomic E-state index is 14.6. The van der Waals surface area contributed by atoms with E-state index in [1.165, 1.54) is 16.7 Å². The Morgan fingerprint density at radius 3 is 2.46 bits per heavy atom. The quantitative estimate of drug-likeness (QED) is 0.506. The molecule has 0 radical (unpaired) electrons. The lowest BCUT2D eigenvalue weighted by Crippen LogP contribution is -2.21. The van der Waals surface area contributed by atoms with Gasteiger partial charge in [0.05, 0.1) is 22.3 Å². The number of fused-ring (bicyclic) bond motifs is 1. The van der Waals surface area contributed by atoms with Gasteiger partial charge < -0.3 is 15.0 Å². The van der Waals surface area contributed by atoms with Crippen LogP contribution in [0.1, 0.15) is 29.2 Å². The lowest BCUT2D eigenvalue weighted by atomic mass is 10.1. The van der Waals surface area contributed by atoms with E-state index in [-0.39, 0.29) is 17.2 Å². The first kappa shape index (κ1) is 18.8. The summed E-state index contributed by atoms with van der Waals surface area (Å²) in [6, 6.07) is 4.56. The number of rotatable bonds is 4. The van der Waals surface area contributed by atoms with Crippen LogP contribution in [0, 0.1) is 21.0 Å². The van der Waals surface area contributed by atoms with Crippen molar-refractivity contribution in [2.24, 2.45) is 0 Å². The summed E-state index contributed by atoms with van der Waals surface area (Å²) in [5, 5.41) is 11.4. The molecule has 1 heterocycles. The number of carboxylic acid groups (broad SMARTS) is 1. The number of hydrogen-bond acceptors (Lipinski definition) is 3. The van der Waals surface area contributed by atoms with E-state index in [1.54, 1.807) is 6.07 Å². The second-order valence-corrected chi connectivity index (χ2v) is 7.75. The maximum atomic E-state index is 14.6. The zero-order chi connectivity index (χ0) is 20.2. The highest BCUT2D eigenvalue weighted by Gasteiger charge is 2.30. The number of nitrogens with one attached hydrogen (secondary N) is 1. The van der Waals surface area contributed by atoms with Gasteiger partial charge in [0.2, 0.25) is 5.43 Å². The molecule has 1 fully saturated rings.